The molecule has 1 amide bonds. The second-order valence-electron chi connectivity index (χ2n) is 5.52. The summed E-state index contributed by atoms with van der Waals surface area (Å²) in [4.78, 5) is 11.5. The average Bonchev–Trinajstić information content (AvgIpc) is 2.55. The highest BCUT2D eigenvalue weighted by atomic mass is 16.1. The van der Waals surface area contributed by atoms with Crippen molar-refractivity contribution in [1.29, 1.82) is 0 Å². The van der Waals surface area contributed by atoms with Crippen LogP contribution in [0.3, 0.4) is 0 Å². The molecule has 0 aromatic carbocycles. The van der Waals surface area contributed by atoms with E-state index in [0.29, 0.717) is 18.0 Å². The number of rotatable bonds is 6. The van der Waals surface area contributed by atoms with Crippen molar-refractivity contribution >= 4 is 5.91 Å². The van der Waals surface area contributed by atoms with Crippen LogP contribution >= 0.6 is 0 Å². The van der Waals surface area contributed by atoms with Gasteiger partial charge in [0.25, 0.3) is 0 Å². The van der Waals surface area contributed by atoms with E-state index in [0.717, 1.165) is 19.4 Å². The molecule has 1 fully saturated rings. The summed E-state index contributed by atoms with van der Waals surface area (Å²) in [5.74, 6) is 0.135. The molecule has 1 aliphatic carbocycles. The van der Waals surface area contributed by atoms with E-state index in [1.807, 2.05) is 0 Å². The SMILES string of the molecule is CCCCNC(=O)CNC1CCCC1(C)C. The van der Waals surface area contributed by atoms with Crippen molar-refractivity contribution < 1.29 is 4.79 Å². The second-order valence-corrected chi connectivity index (χ2v) is 5.52. The number of unbranched alkanes of at least 4 members (excludes halogenated alkanes) is 1. The van der Waals surface area contributed by atoms with Gasteiger partial charge < -0.3 is 10.6 Å². The van der Waals surface area contributed by atoms with E-state index in [-0.39, 0.29) is 5.91 Å². The van der Waals surface area contributed by atoms with Gasteiger partial charge in [-0.15, -0.1) is 0 Å². The maximum atomic E-state index is 11.5. The molecule has 1 unspecified atom stereocenters. The molecule has 0 aliphatic heterocycles. The normalized spacial score (nSPS) is 23.3. The van der Waals surface area contributed by atoms with Gasteiger partial charge in [0.2, 0.25) is 5.91 Å². The van der Waals surface area contributed by atoms with E-state index in [9.17, 15) is 4.79 Å². The van der Waals surface area contributed by atoms with Crippen molar-refractivity contribution in [3.8, 4) is 0 Å². The van der Waals surface area contributed by atoms with E-state index >= 15 is 0 Å². The number of carbonyl (C=O) groups is 1. The second kappa shape index (κ2) is 6.24. The first kappa shape index (κ1) is 13.5. The fourth-order valence-electron chi connectivity index (χ4n) is 2.39. The molecule has 1 rings (SSSR count). The van der Waals surface area contributed by atoms with Crippen molar-refractivity contribution in [1.82, 2.24) is 10.6 Å². The number of hydrogen-bond acceptors (Lipinski definition) is 2. The molecule has 1 atom stereocenters. The lowest BCUT2D eigenvalue weighted by atomic mass is 9.87. The Balaban J connectivity index is 2.16. The standard InChI is InChI=1S/C13H26N2O/c1-4-5-9-14-12(16)10-15-11-7-6-8-13(11,2)3/h11,15H,4-10H2,1-3H3,(H,14,16). The molecular formula is C13H26N2O. The molecular weight excluding hydrogens is 200 g/mol. The number of amides is 1. The highest BCUT2D eigenvalue weighted by molar-refractivity contribution is 5.77. The maximum absolute atomic E-state index is 11.5. The number of carbonyl (C=O) groups excluding carboxylic acids is 1. The zero-order valence-corrected chi connectivity index (χ0v) is 10.9. The third kappa shape index (κ3) is 4.12. The van der Waals surface area contributed by atoms with Crippen LogP contribution in [-0.4, -0.2) is 25.0 Å². The molecule has 1 saturated carbocycles. The first-order valence-electron chi connectivity index (χ1n) is 6.56. The molecule has 0 spiro atoms. The van der Waals surface area contributed by atoms with Crippen LogP contribution in [0.2, 0.25) is 0 Å². The molecule has 3 heteroatoms. The van der Waals surface area contributed by atoms with Crippen LogP contribution in [-0.2, 0) is 4.79 Å². The summed E-state index contributed by atoms with van der Waals surface area (Å²) in [6, 6.07) is 0.504. The molecule has 94 valence electrons. The summed E-state index contributed by atoms with van der Waals surface area (Å²) >= 11 is 0. The lowest BCUT2D eigenvalue weighted by Gasteiger charge is -2.27. The van der Waals surface area contributed by atoms with Gasteiger partial charge in [0.15, 0.2) is 0 Å². The van der Waals surface area contributed by atoms with Gasteiger partial charge in [-0.2, -0.15) is 0 Å². The summed E-state index contributed by atoms with van der Waals surface area (Å²) in [6.45, 7) is 7.98. The number of hydrogen-bond donors (Lipinski definition) is 2. The van der Waals surface area contributed by atoms with Gasteiger partial charge in [-0.05, 0) is 24.7 Å². The van der Waals surface area contributed by atoms with Crippen molar-refractivity contribution in [2.45, 2.75) is 58.9 Å². The first-order chi connectivity index (χ1) is 7.56. The first-order valence-corrected chi connectivity index (χ1v) is 6.56. The molecule has 0 aromatic heterocycles. The zero-order chi connectivity index (χ0) is 12.0. The lowest BCUT2D eigenvalue weighted by molar-refractivity contribution is -0.120. The van der Waals surface area contributed by atoms with E-state index < -0.39 is 0 Å². The van der Waals surface area contributed by atoms with E-state index in [4.69, 9.17) is 0 Å². The van der Waals surface area contributed by atoms with Gasteiger partial charge in [-0.3, -0.25) is 4.79 Å². The minimum atomic E-state index is 0.135. The van der Waals surface area contributed by atoms with Crippen LogP contribution < -0.4 is 10.6 Å². The van der Waals surface area contributed by atoms with Crippen molar-refractivity contribution in [2.24, 2.45) is 5.41 Å². The Morgan fingerprint density at radius 3 is 2.75 bits per heavy atom. The highest BCUT2D eigenvalue weighted by Gasteiger charge is 2.34. The minimum Gasteiger partial charge on any atom is -0.355 e. The predicted octanol–water partition coefficient (Wildman–Crippen LogP) is 2.07. The monoisotopic (exact) mass is 226 g/mol. The Labute approximate surface area is 99.4 Å². The Kier molecular flexibility index (Phi) is 5.26. The van der Waals surface area contributed by atoms with Gasteiger partial charge in [0.05, 0.1) is 6.54 Å². The van der Waals surface area contributed by atoms with Crippen LogP contribution in [0.15, 0.2) is 0 Å². The van der Waals surface area contributed by atoms with Crippen LogP contribution in [0.1, 0.15) is 52.9 Å². The van der Waals surface area contributed by atoms with Gasteiger partial charge in [0, 0.05) is 12.6 Å². The summed E-state index contributed by atoms with van der Waals surface area (Å²) in [6.07, 6.45) is 5.95. The fourth-order valence-corrected chi connectivity index (χ4v) is 2.39. The fraction of sp³-hybridized carbons (Fsp3) is 0.923. The van der Waals surface area contributed by atoms with Crippen LogP contribution in [0.5, 0.6) is 0 Å². The quantitative estimate of drug-likeness (QED) is 0.681. The average molecular weight is 226 g/mol. The molecule has 1 aliphatic rings. The predicted molar refractivity (Wildman–Crippen MR) is 67.3 cm³/mol. The molecule has 2 N–H and O–H groups in total. The molecule has 0 saturated heterocycles. The van der Waals surface area contributed by atoms with E-state index in [2.05, 4.69) is 31.4 Å². The summed E-state index contributed by atoms with van der Waals surface area (Å²) < 4.78 is 0. The molecule has 0 aromatic rings. The van der Waals surface area contributed by atoms with Gasteiger partial charge in [-0.1, -0.05) is 33.6 Å². The van der Waals surface area contributed by atoms with Gasteiger partial charge >= 0.3 is 0 Å². The summed E-state index contributed by atoms with van der Waals surface area (Å²) in [5, 5.41) is 6.32. The number of nitrogens with one attached hydrogen (secondary N) is 2. The zero-order valence-electron chi connectivity index (χ0n) is 10.9. The largest absolute Gasteiger partial charge is 0.355 e. The topological polar surface area (TPSA) is 41.1 Å². The summed E-state index contributed by atoms with van der Waals surface area (Å²) in [7, 11) is 0. The van der Waals surface area contributed by atoms with Crippen LogP contribution in [0, 0.1) is 5.41 Å². The highest BCUT2D eigenvalue weighted by Crippen LogP contribution is 2.36. The van der Waals surface area contributed by atoms with Crippen LogP contribution in [0.25, 0.3) is 0 Å². The molecule has 0 heterocycles. The molecule has 0 bridgehead atoms. The Bertz CT molecular complexity index is 226. The Morgan fingerprint density at radius 1 is 1.44 bits per heavy atom. The summed E-state index contributed by atoms with van der Waals surface area (Å²) in [5.41, 5.74) is 0.351. The molecule has 16 heavy (non-hydrogen) atoms. The minimum absolute atomic E-state index is 0.135. The molecule has 0 radical (unpaired) electrons. The van der Waals surface area contributed by atoms with Gasteiger partial charge in [0.1, 0.15) is 0 Å². The Hall–Kier alpha value is -0.570. The van der Waals surface area contributed by atoms with E-state index in [1.54, 1.807) is 0 Å². The lowest BCUT2D eigenvalue weighted by Crippen LogP contribution is -2.43. The van der Waals surface area contributed by atoms with Gasteiger partial charge in [-0.25, -0.2) is 0 Å². The van der Waals surface area contributed by atoms with Crippen molar-refractivity contribution in [3.63, 3.8) is 0 Å². The van der Waals surface area contributed by atoms with Crippen molar-refractivity contribution in [2.75, 3.05) is 13.1 Å². The third-order valence-electron chi connectivity index (χ3n) is 3.62. The molecule has 3 nitrogen and oxygen atoms in total. The smallest absolute Gasteiger partial charge is 0.233 e. The third-order valence-corrected chi connectivity index (χ3v) is 3.62. The van der Waals surface area contributed by atoms with Crippen LogP contribution in [0.4, 0.5) is 0 Å². The van der Waals surface area contributed by atoms with E-state index in [1.165, 1.54) is 19.3 Å². The maximum Gasteiger partial charge on any atom is 0.233 e. The van der Waals surface area contributed by atoms with Crippen molar-refractivity contribution in [3.05, 3.63) is 0 Å². The Morgan fingerprint density at radius 2 is 2.19 bits per heavy atom.